The van der Waals surface area contributed by atoms with Gasteiger partial charge in [0.1, 0.15) is 11.1 Å². The summed E-state index contributed by atoms with van der Waals surface area (Å²) in [5, 5.41) is 8.12. The summed E-state index contributed by atoms with van der Waals surface area (Å²) in [6.07, 6.45) is 1.64. The van der Waals surface area contributed by atoms with Gasteiger partial charge in [-0.3, -0.25) is 4.90 Å². The van der Waals surface area contributed by atoms with E-state index in [1.54, 1.807) is 6.26 Å². The molecule has 0 fully saturated rings. The van der Waals surface area contributed by atoms with Gasteiger partial charge in [0.2, 0.25) is 0 Å². The Morgan fingerprint density at radius 1 is 1.71 bits per heavy atom. The Balaban J connectivity index is 2.44. The van der Waals surface area contributed by atoms with Crippen LogP contribution in [0.25, 0.3) is 0 Å². The lowest BCUT2D eigenvalue weighted by Crippen LogP contribution is -2.28. The van der Waals surface area contributed by atoms with E-state index < -0.39 is 5.38 Å². The van der Waals surface area contributed by atoms with Gasteiger partial charge < -0.3 is 4.42 Å². The van der Waals surface area contributed by atoms with E-state index in [2.05, 4.69) is 4.90 Å². The van der Waals surface area contributed by atoms with Crippen molar-refractivity contribution >= 4 is 11.6 Å². The SMILES string of the molecule is CCN(Cc1ccco1)CC(Cl)C#N. The van der Waals surface area contributed by atoms with Gasteiger partial charge in [-0.15, -0.1) is 11.6 Å². The number of alkyl halides is 1. The van der Waals surface area contributed by atoms with E-state index in [9.17, 15) is 0 Å². The largest absolute Gasteiger partial charge is 0.468 e. The van der Waals surface area contributed by atoms with Crippen LogP contribution < -0.4 is 0 Å². The lowest BCUT2D eigenvalue weighted by atomic mass is 10.3. The van der Waals surface area contributed by atoms with Crippen LogP contribution in [-0.4, -0.2) is 23.4 Å². The van der Waals surface area contributed by atoms with Crippen molar-refractivity contribution in [2.75, 3.05) is 13.1 Å². The molecule has 0 saturated heterocycles. The minimum atomic E-state index is -0.454. The lowest BCUT2D eigenvalue weighted by Gasteiger charge is -2.18. The quantitative estimate of drug-likeness (QED) is 0.703. The van der Waals surface area contributed by atoms with Crippen molar-refractivity contribution in [2.45, 2.75) is 18.8 Å². The van der Waals surface area contributed by atoms with Crippen LogP contribution >= 0.6 is 11.6 Å². The van der Waals surface area contributed by atoms with Crippen molar-refractivity contribution in [2.24, 2.45) is 0 Å². The predicted molar refractivity (Wildman–Crippen MR) is 54.9 cm³/mol. The van der Waals surface area contributed by atoms with Gasteiger partial charge in [-0.2, -0.15) is 5.26 Å². The van der Waals surface area contributed by atoms with Crippen LogP contribution in [0.1, 0.15) is 12.7 Å². The summed E-state index contributed by atoms with van der Waals surface area (Å²) >= 11 is 5.75. The van der Waals surface area contributed by atoms with Crippen LogP contribution in [0.2, 0.25) is 0 Å². The molecule has 4 heteroatoms. The zero-order chi connectivity index (χ0) is 10.4. The molecule has 1 heterocycles. The minimum absolute atomic E-state index is 0.454. The number of nitrogens with zero attached hydrogens (tertiary/aromatic N) is 2. The van der Waals surface area contributed by atoms with Gasteiger partial charge in [-0.25, -0.2) is 0 Å². The van der Waals surface area contributed by atoms with E-state index in [-0.39, 0.29) is 0 Å². The second kappa shape index (κ2) is 5.69. The minimum Gasteiger partial charge on any atom is -0.468 e. The predicted octanol–water partition coefficient (Wildman–Crippen LogP) is 2.23. The standard InChI is InChI=1S/C10H13ClN2O/c1-2-13(7-9(11)6-12)8-10-4-3-5-14-10/h3-5,9H,2,7-8H2,1H3. The number of hydrogen-bond acceptors (Lipinski definition) is 3. The molecular formula is C10H13ClN2O. The molecule has 1 aromatic rings. The molecule has 0 radical (unpaired) electrons. The van der Waals surface area contributed by atoms with Crippen LogP contribution in [0.4, 0.5) is 0 Å². The second-order valence-electron chi connectivity index (χ2n) is 3.00. The third kappa shape index (κ3) is 3.41. The molecule has 1 aromatic heterocycles. The Morgan fingerprint density at radius 3 is 3.00 bits per heavy atom. The number of rotatable bonds is 5. The molecule has 0 spiro atoms. The van der Waals surface area contributed by atoms with Crippen LogP contribution in [0.15, 0.2) is 22.8 Å². The Kier molecular flexibility index (Phi) is 4.51. The van der Waals surface area contributed by atoms with Crippen LogP contribution in [0, 0.1) is 11.3 Å². The van der Waals surface area contributed by atoms with E-state index in [1.165, 1.54) is 0 Å². The van der Waals surface area contributed by atoms with Gasteiger partial charge in [-0.1, -0.05) is 6.92 Å². The summed E-state index contributed by atoms with van der Waals surface area (Å²) < 4.78 is 5.21. The molecule has 0 aliphatic carbocycles. The number of halogens is 1. The molecule has 0 aliphatic rings. The first-order chi connectivity index (χ1) is 6.76. The maximum Gasteiger partial charge on any atom is 0.133 e. The monoisotopic (exact) mass is 212 g/mol. The number of nitriles is 1. The fraction of sp³-hybridized carbons (Fsp3) is 0.500. The summed E-state index contributed by atoms with van der Waals surface area (Å²) in [5.41, 5.74) is 0. The molecule has 14 heavy (non-hydrogen) atoms. The Labute approximate surface area is 88.9 Å². The van der Waals surface area contributed by atoms with E-state index >= 15 is 0 Å². The van der Waals surface area contributed by atoms with Gasteiger partial charge in [-0.05, 0) is 18.7 Å². The molecule has 3 nitrogen and oxygen atoms in total. The summed E-state index contributed by atoms with van der Waals surface area (Å²) in [7, 11) is 0. The normalized spacial score (nSPS) is 12.7. The molecule has 76 valence electrons. The first-order valence-electron chi connectivity index (χ1n) is 4.54. The van der Waals surface area contributed by atoms with Gasteiger partial charge in [0, 0.05) is 6.54 Å². The van der Waals surface area contributed by atoms with Gasteiger partial charge >= 0.3 is 0 Å². The molecule has 1 unspecified atom stereocenters. The molecule has 0 aromatic carbocycles. The first kappa shape index (κ1) is 11.1. The molecule has 1 atom stereocenters. The third-order valence-electron chi connectivity index (χ3n) is 1.97. The zero-order valence-electron chi connectivity index (χ0n) is 8.11. The smallest absolute Gasteiger partial charge is 0.133 e. The average Bonchev–Trinajstić information content (AvgIpc) is 2.69. The summed E-state index contributed by atoms with van der Waals surface area (Å²) in [5.74, 6) is 0.897. The third-order valence-corrected chi connectivity index (χ3v) is 2.20. The Morgan fingerprint density at radius 2 is 2.50 bits per heavy atom. The van der Waals surface area contributed by atoms with E-state index in [0.29, 0.717) is 13.1 Å². The first-order valence-corrected chi connectivity index (χ1v) is 4.98. The van der Waals surface area contributed by atoms with Gasteiger partial charge in [0.25, 0.3) is 0 Å². The van der Waals surface area contributed by atoms with Crippen molar-refractivity contribution in [3.8, 4) is 6.07 Å². The molecular weight excluding hydrogens is 200 g/mol. The summed E-state index contributed by atoms with van der Waals surface area (Å²) in [6.45, 7) is 4.15. The fourth-order valence-electron chi connectivity index (χ4n) is 1.20. The Hall–Kier alpha value is -0.980. The second-order valence-corrected chi connectivity index (χ2v) is 3.53. The summed E-state index contributed by atoms with van der Waals surface area (Å²) in [4.78, 5) is 2.07. The highest BCUT2D eigenvalue weighted by Gasteiger charge is 2.10. The van der Waals surface area contributed by atoms with Crippen LogP contribution in [0.5, 0.6) is 0 Å². The van der Waals surface area contributed by atoms with Crippen molar-refractivity contribution in [3.05, 3.63) is 24.2 Å². The van der Waals surface area contributed by atoms with Crippen molar-refractivity contribution in [3.63, 3.8) is 0 Å². The topological polar surface area (TPSA) is 40.2 Å². The highest BCUT2D eigenvalue weighted by molar-refractivity contribution is 6.22. The van der Waals surface area contributed by atoms with Crippen LogP contribution in [-0.2, 0) is 6.54 Å². The van der Waals surface area contributed by atoms with Crippen LogP contribution in [0.3, 0.4) is 0 Å². The Bertz CT molecular complexity index is 292. The van der Waals surface area contributed by atoms with Gasteiger partial charge in [0.05, 0.1) is 18.9 Å². The zero-order valence-corrected chi connectivity index (χ0v) is 8.87. The molecule has 1 rings (SSSR count). The van der Waals surface area contributed by atoms with Crippen molar-refractivity contribution in [1.29, 1.82) is 5.26 Å². The maximum absolute atomic E-state index is 8.57. The number of hydrogen-bond donors (Lipinski definition) is 0. The molecule has 0 N–H and O–H groups in total. The van der Waals surface area contributed by atoms with Gasteiger partial charge in [0.15, 0.2) is 0 Å². The lowest BCUT2D eigenvalue weighted by molar-refractivity contribution is 0.263. The summed E-state index contributed by atoms with van der Waals surface area (Å²) in [6, 6.07) is 5.77. The van der Waals surface area contributed by atoms with E-state index in [4.69, 9.17) is 21.3 Å². The van der Waals surface area contributed by atoms with Crippen molar-refractivity contribution < 1.29 is 4.42 Å². The van der Waals surface area contributed by atoms with Crippen molar-refractivity contribution in [1.82, 2.24) is 4.90 Å². The molecule has 0 bridgehead atoms. The highest BCUT2D eigenvalue weighted by Crippen LogP contribution is 2.07. The highest BCUT2D eigenvalue weighted by atomic mass is 35.5. The maximum atomic E-state index is 8.57. The van der Waals surface area contributed by atoms with E-state index in [1.807, 2.05) is 25.1 Å². The molecule has 0 aliphatic heterocycles. The number of furan rings is 1. The molecule has 0 saturated carbocycles. The van der Waals surface area contributed by atoms with E-state index in [0.717, 1.165) is 12.3 Å². The average molecular weight is 213 g/mol. The fourth-order valence-corrected chi connectivity index (χ4v) is 1.39. The molecule has 0 amide bonds.